The highest BCUT2D eigenvalue weighted by atomic mass is 35.5. The van der Waals surface area contributed by atoms with Gasteiger partial charge in [0.2, 0.25) is 5.78 Å². The summed E-state index contributed by atoms with van der Waals surface area (Å²) in [7, 11) is 0. The van der Waals surface area contributed by atoms with E-state index in [1.165, 1.54) is 24.3 Å². The van der Waals surface area contributed by atoms with E-state index in [9.17, 15) is 14.4 Å². The van der Waals surface area contributed by atoms with E-state index >= 15 is 0 Å². The molecule has 1 aromatic carbocycles. The molecule has 1 aromatic rings. The number of Topliss-reactive ketones (excluding diaryl/α,β-unsaturated/α-hetero) is 1. The van der Waals surface area contributed by atoms with Crippen molar-refractivity contribution in [2.75, 3.05) is 0 Å². The smallest absolute Gasteiger partial charge is 0.284 e. The minimum absolute atomic E-state index is 0.0523. The normalized spacial score (nSPS) is 9.57. The molecule has 0 aliphatic heterocycles. The van der Waals surface area contributed by atoms with Gasteiger partial charge in [-0.25, -0.2) is 0 Å². The standard InChI is InChI=1S/C9H4Cl2O3/c10-8(13)6-3-1-2-5(4-6)7(12)9(11)14/h1-4H. The van der Waals surface area contributed by atoms with Crippen LogP contribution in [0.15, 0.2) is 24.3 Å². The zero-order valence-electron chi connectivity index (χ0n) is 6.79. The number of carbonyl (C=O) groups excluding carboxylic acids is 3. The van der Waals surface area contributed by atoms with Crippen molar-refractivity contribution in [3.63, 3.8) is 0 Å². The average molecular weight is 231 g/mol. The van der Waals surface area contributed by atoms with Gasteiger partial charge in [0.25, 0.3) is 10.5 Å². The Morgan fingerprint density at radius 3 is 2.07 bits per heavy atom. The quantitative estimate of drug-likeness (QED) is 0.454. The Morgan fingerprint density at radius 1 is 1.00 bits per heavy atom. The van der Waals surface area contributed by atoms with Crippen LogP contribution >= 0.6 is 23.2 Å². The van der Waals surface area contributed by atoms with Gasteiger partial charge in [0.05, 0.1) is 0 Å². The molecule has 5 heteroatoms. The van der Waals surface area contributed by atoms with Crippen molar-refractivity contribution >= 4 is 39.5 Å². The number of carbonyl (C=O) groups is 3. The van der Waals surface area contributed by atoms with Crippen molar-refractivity contribution in [2.24, 2.45) is 0 Å². The second kappa shape index (κ2) is 4.35. The summed E-state index contributed by atoms with van der Waals surface area (Å²) in [6, 6.07) is 5.48. The molecule has 0 N–H and O–H groups in total. The molecule has 0 atom stereocenters. The molecule has 1 rings (SSSR count). The van der Waals surface area contributed by atoms with Crippen molar-refractivity contribution in [3.05, 3.63) is 35.4 Å². The lowest BCUT2D eigenvalue weighted by molar-refractivity contribution is -0.108. The zero-order chi connectivity index (χ0) is 10.7. The molecule has 14 heavy (non-hydrogen) atoms. The second-order valence-corrected chi connectivity index (χ2v) is 3.14. The summed E-state index contributed by atoms with van der Waals surface area (Å²) in [4.78, 5) is 32.3. The van der Waals surface area contributed by atoms with Crippen LogP contribution in [0.25, 0.3) is 0 Å². The maximum Gasteiger partial charge on any atom is 0.293 e. The highest BCUT2D eigenvalue weighted by molar-refractivity contribution is 6.83. The lowest BCUT2D eigenvalue weighted by atomic mass is 10.1. The summed E-state index contributed by atoms with van der Waals surface area (Å²) in [6.45, 7) is 0. The Bertz CT molecular complexity index is 412. The number of ketones is 1. The molecular weight excluding hydrogens is 227 g/mol. The minimum Gasteiger partial charge on any atom is -0.284 e. The fourth-order valence-electron chi connectivity index (χ4n) is 0.896. The highest BCUT2D eigenvalue weighted by Gasteiger charge is 2.14. The third-order valence-corrected chi connectivity index (χ3v) is 1.92. The Labute approximate surface area is 89.6 Å². The molecular formula is C9H4Cl2O3. The van der Waals surface area contributed by atoms with Crippen LogP contribution in [0.3, 0.4) is 0 Å². The monoisotopic (exact) mass is 230 g/mol. The third-order valence-electron chi connectivity index (χ3n) is 1.53. The zero-order valence-corrected chi connectivity index (χ0v) is 8.30. The predicted octanol–water partition coefficient (Wildman–Crippen LogP) is 2.01. The first-order chi connectivity index (χ1) is 6.52. The maximum atomic E-state index is 11.1. The third kappa shape index (κ3) is 2.40. The second-order valence-electron chi connectivity index (χ2n) is 2.46. The number of benzene rings is 1. The van der Waals surface area contributed by atoms with Gasteiger partial charge < -0.3 is 0 Å². The van der Waals surface area contributed by atoms with Gasteiger partial charge in [-0.2, -0.15) is 0 Å². The molecule has 0 spiro atoms. The summed E-state index contributed by atoms with van der Waals surface area (Å²) in [6.07, 6.45) is 0. The molecule has 0 amide bonds. The molecule has 0 saturated heterocycles. The molecule has 0 unspecified atom stereocenters. The van der Waals surface area contributed by atoms with E-state index in [0.717, 1.165) is 0 Å². The van der Waals surface area contributed by atoms with E-state index < -0.39 is 16.3 Å². The lowest BCUT2D eigenvalue weighted by Crippen LogP contribution is -2.07. The van der Waals surface area contributed by atoms with Gasteiger partial charge in [-0.05, 0) is 29.3 Å². The van der Waals surface area contributed by atoms with E-state index in [1.807, 2.05) is 0 Å². The van der Waals surface area contributed by atoms with Gasteiger partial charge in [0.15, 0.2) is 0 Å². The Balaban J connectivity index is 3.12. The minimum atomic E-state index is -1.09. The summed E-state index contributed by atoms with van der Waals surface area (Å²) >= 11 is 10.2. The summed E-state index contributed by atoms with van der Waals surface area (Å²) in [5.41, 5.74) is 0.201. The van der Waals surface area contributed by atoms with Crippen LogP contribution in [0.5, 0.6) is 0 Å². The molecule has 3 nitrogen and oxygen atoms in total. The first-order valence-electron chi connectivity index (χ1n) is 3.56. The molecule has 0 fully saturated rings. The van der Waals surface area contributed by atoms with E-state index in [0.29, 0.717) is 0 Å². The number of hydrogen-bond acceptors (Lipinski definition) is 3. The van der Waals surface area contributed by atoms with Gasteiger partial charge >= 0.3 is 0 Å². The van der Waals surface area contributed by atoms with Crippen LogP contribution < -0.4 is 0 Å². The van der Waals surface area contributed by atoms with Crippen molar-refractivity contribution in [1.82, 2.24) is 0 Å². The van der Waals surface area contributed by atoms with E-state index in [4.69, 9.17) is 23.2 Å². The maximum absolute atomic E-state index is 11.1. The molecule has 0 saturated carbocycles. The average Bonchev–Trinajstić information content (AvgIpc) is 2.16. The van der Waals surface area contributed by atoms with Crippen molar-refractivity contribution in [1.29, 1.82) is 0 Å². The Morgan fingerprint density at radius 2 is 1.57 bits per heavy atom. The molecule has 72 valence electrons. The molecule has 0 bridgehead atoms. The van der Waals surface area contributed by atoms with Gasteiger partial charge in [-0.1, -0.05) is 18.2 Å². The Hall–Kier alpha value is -1.19. The van der Waals surface area contributed by atoms with Crippen LogP contribution in [0, 0.1) is 0 Å². The molecule has 0 radical (unpaired) electrons. The molecule has 0 aliphatic rings. The van der Waals surface area contributed by atoms with Crippen molar-refractivity contribution < 1.29 is 14.4 Å². The topological polar surface area (TPSA) is 51.2 Å². The van der Waals surface area contributed by atoms with Crippen LogP contribution in [0.4, 0.5) is 0 Å². The fourth-order valence-corrected chi connectivity index (χ4v) is 1.12. The van der Waals surface area contributed by atoms with Gasteiger partial charge in [0.1, 0.15) is 0 Å². The SMILES string of the molecule is O=C(Cl)C(=O)c1cccc(C(=O)Cl)c1. The van der Waals surface area contributed by atoms with Crippen LogP contribution in [-0.4, -0.2) is 16.3 Å². The number of hydrogen-bond donors (Lipinski definition) is 0. The van der Waals surface area contributed by atoms with Crippen LogP contribution in [-0.2, 0) is 4.79 Å². The van der Waals surface area contributed by atoms with Gasteiger partial charge in [-0.15, -0.1) is 0 Å². The van der Waals surface area contributed by atoms with Crippen LogP contribution in [0.1, 0.15) is 20.7 Å². The summed E-state index contributed by atoms with van der Waals surface area (Å²) < 4.78 is 0. The summed E-state index contributed by atoms with van der Waals surface area (Å²) in [5.74, 6) is -0.855. The van der Waals surface area contributed by atoms with E-state index in [2.05, 4.69) is 0 Å². The number of halogens is 2. The molecule has 0 aromatic heterocycles. The highest BCUT2D eigenvalue weighted by Crippen LogP contribution is 2.09. The largest absolute Gasteiger partial charge is 0.293 e. The van der Waals surface area contributed by atoms with Crippen molar-refractivity contribution in [2.45, 2.75) is 0 Å². The first kappa shape index (κ1) is 10.9. The summed E-state index contributed by atoms with van der Waals surface area (Å²) in [5, 5.41) is -1.79. The van der Waals surface area contributed by atoms with E-state index in [1.54, 1.807) is 0 Å². The van der Waals surface area contributed by atoms with Crippen molar-refractivity contribution in [3.8, 4) is 0 Å². The molecule has 0 heterocycles. The Kier molecular flexibility index (Phi) is 3.38. The van der Waals surface area contributed by atoms with Gasteiger partial charge in [0, 0.05) is 11.1 Å². The van der Waals surface area contributed by atoms with E-state index in [-0.39, 0.29) is 11.1 Å². The molecule has 0 aliphatic carbocycles. The number of rotatable bonds is 3. The van der Waals surface area contributed by atoms with Crippen LogP contribution in [0.2, 0.25) is 0 Å². The fraction of sp³-hybridized carbons (Fsp3) is 0. The first-order valence-corrected chi connectivity index (χ1v) is 4.32. The predicted molar refractivity (Wildman–Crippen MR) is 51.8 cm³/mol. The van der Waals surface area contributed by atoms with Gasteiger partial charge in [-0.3, -0.25) is 14.4 Å². The lowest BCUT2D eigenvalue weighted by Gasteiger charge is -1.97.